The van der Waals surface area contributed by atoms with E-state index in [-0.39, 0.29) is 5.91 Å². The molecule has 0 unspecified atom stereocenters. The topological polar surface area (TPSA) is 66.9 Å². The minimum Gasteiger partial charge on any atom is -0.370 e. The lowest BCUT2D eigenvalue weighted by atomic mass is 10.2. The Morgan fingerprint density at radius 3 is 2.50 bits per heavy atom. The lowest BCUT2D eigenvalue weighted by Gasteiger charge is -2.10. The van der Waals surface area contributed by atoms with Crippen LogP contribution in [-0.4, -0.2) is 29.0 Å². The van der Waals surface area contributed by atoms with Gasteiger partial charge in [0.25, 0.3) is 5.91 Å². The highest BCUT2D eigenvalue weighted by molar-refractivity contribution is 5.93. The molecular weight excluding hydrogens is 300 g/mol. The van der Waals surface area contributed by atoms with Crippen molar-refractivity contribution in [3.8, 4) is 11.4 Å². The van der Waals surface area contributed by atoms with Crippen LogP contribution in [0, 0.1) is 0 Å². The van der Waals surface area contributed by atoms with Gasteiger partial charge in [-0.1, -0.05) is 57.0 Å². The van der Waals surface area contributed by atoms with Gasteiger partial charge >= 0.3 is 0 Å². The summed E-state index contributed by atoms with van der Waals surface area (Å²) in [5, 5.41) is 6.18. The average Bonchev–Trinajstić information content (AvgIpc) is 2.63. The highest BCUT2D eigenvalue weighted by Gasteiger charge is 2.12. The van der Waals surface area contributed by atoms with Crippen LogP contribution in [0.15, 0.2) is 36.4 Å². The zero-order valence-corrected chi connectivity index (χ0v) is 14.5. The minimum absolute atomic E-state index is 0.159. The number of hydrogen-bond acceptors (Lipinski definition) is 4. The zero-order chi connectivity index (χ0) is 17.2. The summed E-state index contributed by atoms with van der Waals surface area (Å²) in [7, 11) is 0. The average molecular weight is 326 g/mol. The fourth-order valence-corrected chi connectivity index (χ4v) is 2.29. The van der Waals surface area contributed by atoms with Crippen molar-refractivity contribution in [2.75, 3.05) is 18.4 Å². The highest BCUT2D eigenvalue weighted by atomic mass is 16.1. The molecule has 0 aliphatic heterocycles. The summed E-state index contributed by atoms with van der Waals surface area (Å²) in [6.45, 7) is 5.68. The maximum Gasteiger partial charge on any atom is 0.270 e. The Kier molecular flexibility index (Phi) is 7.21. The Morgan fingerprint density at radius 1 is 1.00 bits per heavy atom. The number of anilines is 1. The maximum absolute atomic E-state index is 12.3. The third kappa shape index (κ3) is 5.33. The number of carbonyl (C=O) groups excluding carboxylic acids is 1. The second-order valence-corrected chi connectivity index (χ2v) is 5.72. The summed E-state index contributed by atoms with van der Waals surface area (Å²) in [5.41, 5.74) is 1.30. The van der Waals surface area contributed by atoms with E-state index in [9.17, 15) is 4.79 Å². The molecule has 2 aromatic rings. The van der Waals surface area contributed by atoms with Crippen LogP contribution in [0.25, 0.3) is 11.4 Å². The smallest absolute Gasteiger partial charge is 0.270 e. The second-order valence-electron chi connectivity index (χ2n) is 5.72. The fourth-order valence-electron chi connectivity index (χ4n) is 2.29. The van der Waals surface area contributed by atoms with Gasteiger partial charge in [-0.15, -0.1) is 0 Å². The third-order valence-electron chi connectivity index (χ3n) is 3.61. The molecular formula is C19H26N4O. The van der Waals surface area contributed by atoms with E-state index in [2.05, 4.69) is 27.5 Å². The van der Waals surface area contributed by atoms with E-state index in [0.717, 1.165) is 24.9 Å². The molecule has 0 fully saturated rings. The lowest BCUT2D eigenvalue weighted by molar-refractivity contribution is 0.0948. The molecule has 0 aliphatic rings. The summed E-state index contributed by atoms with van der Waals surface area (Å²) in [6.07, 6.45) is 4.32. The Hall–Kier alpha value is -2.43. The normalized spacial score (nSPS) is 10.4. The molecule has 0 saturated heterocycles. The van der Waals surface area contributed by atoms with Crippen LogP contribution in [0.3, 0.4) is 0 Å². The van der Waals surface area contributed by atoms with Crippen molar-refractivity contribution in [3.05, 3.63) is 42.1 Å². The summed E-state index contributed by atoms with van der Waals surface area (Å²) >= 11 is 0. The number of aromatic nitrogens is 2. The Labute approximate surface area is 143 Å². The zero-order valence-electron chi connectivity index (χ0n) is 14.5. The van der Waals surface area contributed by atoms with E-state index < -0.39 is 0 Å². The van der Waals surface area contributed by atoms with Crippen LogP contribution in [0.2, 0.25) is 0 Å². The molecule has 2 N–H and O–H groups in total. The number of amides is 1. The summed E-state index contributed by atoms with van der Waals surface area (Å²) < 4.78 is 0. The number of hydrogen-bond donors (Lipinski definition) is 2. The van der Waals surface area contributed by atoms with Crippen molar-refractivity contribution in [1.82, 2.24) is 15.3 Å². The van der Waals surface area contributed by atoms with Crippen molar-refractivity contribution >= 4 is 11.7 Å². The van der Waals surface area contributed by atoms with Gasteiger partial charge in [0.2, 0.25) is 0 Å². The SMILES string of the molecule is CCCCCNc1cc(C(=O)NCCC)nc(-c2ccccc2)n1. The first-order chi connectivity index (χ1) is 11.7. The predicted octanol–water partition coefficient (Wildman–Crippen LogP) is 3.89. The van der Waals surface area contributed by atoms with E-state index in [1.54, 1.807) is 6.07 Å². The molecule has 1 aromatic carbocycles. The van der Waals surface area contributed by atoms with Gasteiger partial charge in [-0.25, -0.2) is 9.97 Å². The third-order valence-corrected chi connectivity index (χ3v) is 3.61. The molecule has 1 aromatic heterocycles. The molecule has 0 spiro atoms. The summed E-state index contributed by atoms with van der Waals surface area (Å²) in [6, 6.07) is 11.5. The fraction of sp³-hybridized carbons (Fsp3) is 0.421. The monoisotopic (exact) mass is 326 g/mol. The van der Waals surface area contributed by atoms with Crippen molar-refractivity contribution in [2.24, 2.45) is 0 Å². The molecule has 24 heavy (non-hydrogen) atoms. The summed E-state index contributed by atoms with van der Waals surface area (Å²) in [4.78, 5) is 21.3. The van der Waals surface area contributed by atoms with Crippen LogP contribution >= 0.6 is 0 Å². The number of unbranched alkanes of at least 4 members (excludes halogenated alkanes) is 2. The van der Waals surface area contributed by atoms with Crippen molar-refractivity contribution < 1.29 is 4.79 Å². The lowest BCUT2D eigenvalue weighted by Crippen LogP contribution is -2.25. The van der Waals surface area contributed by atoms with Crippen LogP contribution in [0.4, 0.5) is 5.82 Å². The van der Waals surface area contributed by atoms with Gasteiger partial charge in [0.05, 0.1) is 0 Å². The van der Waals surface area contributed by atoms with Crippen molar-refractivity contribution in [2.45, 2.75) is 39.5 Å². The molecule has 0 aliphatic carbocycles. The molecule has 0 saturated carbocycles. The number of rotatable bonds is 9. The van der Waals surface area contributed by atoms with Gasteiger partial charge in [-0.05, 0) is 12.8 Å². The van der Waals surface area contributed by atoms with Crippen LogP contribution in [-0.2, 0) is 0 Å². The van der Waals surface area contributed by atoms with Crippen LogP contribution in [0.5, 0.6) is 0 Å². The Bertz CT molecular complexity index is 643. The second kappa shape index (κ2) is 9.65. The molecule has 1 heterocycles. The van der Waals surface area contributed by atoms with Gasteiger partial charge in [-0.2, -0.15) is 0 Å². The van der Waals surface area contributed by atoms with Crippen LogP contribution in [0.1, 0.15) is 50.0 Å². The maximum atomic E-state index is 12.3. The molecule has 0 atom stereocenters. The molecule has 2 rings (SSSR count). The van der Waals surface area contributed by atoms with E-state index in [1.165, 1.54) is 12.8 Å². The van der Waals surface area contributed by atoms with Gasteiger partial charge in [0.15, 0.2) is 5.82 Å². The number of benzene rings is 1. The largest absolute Gasteiger partial charge is 0.370 e. The number of nitrogens with zero attached hydrogens (tertiary/aromatic N) is 2. The van der Waals surface area contributed by atoms with Crippen molar-refractivity contribution in [3.63, 3.8) is 0 Å². The molecule has 0 bridgehead atoms. The number of nitrogens with one attached hydrogen (secondary N) is 2. The number of carbonyl (C=O) groups is 1. The Balaban J connectivity index is 2.24. The van der Waals surface area contributed by atoms with Gasteiger partial charge in [0, 0.05) is 24.7 Å². The van der Waals surface area contributed by atoms with Gasteiger partial charge in [0.1, 0.15) is 11.5 Å². The standard InChI is InChI=1S/C19H26N4O/c1-3-5-9-13-20-17-14-16(19(24)21-12-4-2)22-18(23-17)15-10-7-6-8-11-15/h6-8,10-11,14H,3-5,9,12-13H2,1-2H3,(H,21,24)(H,20,22,23). The summed E-state index contributed by atoms with van der Waals surface area (Å²) in [5.74, 6) is 1.10. The van der Waals surface area contributed by atoms with Gasteiger partial charge < -0.3 is 10.6 Å². The molecule has 128 valence electrons. The van der Waals surface area contributed by atoms with Crippen molar-refractivity contribution in [1.29, 1.82) is 0 Å². The van der Waals surface area contributed by atoms with Crippen LogP contribution < -0.4 is 10.6 Å². The van der Waals surface area contributed by atoms with E-state index in [1.807, 2.05) is 37.3 Å². The quantitative estimate of drug-likeness (QED) is 0.686. The highest BCUT2D eigenvalue weighted by Crippen LogP contribution is 2.18. The van der Waals surface area contributed by atoms with Gasteiger partial charge in [-0.3, -0.25) is 4.79 Å². The predicted molar refractivity (Wildman–Crippen MR) is 98.1 cm³/mol. The molecule has 5 nitrogen and oxygen atoms in total. The first kappa shape index (κ1) is 17.9. The Morgan fingerprint density at radius 2 is 1.79 bits per heavy atom. The first-order valence-corrected chi connectivity index (χ1v) is 8.71. The van der Waals surface area contributed by atoms with E-state index in [0.29, 0.717) is 23.9 Å². The van der Waals surface area contributed by atoms with E-state index >= 15 is 0 Å². The minimum atomic E-state index is -0.159. The molecule has 5 heteroatoms. The molecule has 1 amide bonds. The van der Waals surface area contributed by atoms with E-state index in [4.69, 9.17) is 0 Å². The molecule has 0 radical (unpaired) electrons. The first-order valence-electron chi connectivity index (χ1n) is 8.71.